The Morgan fingerprint density at radius 2 is 2.00 bits per heavy atom. The molecular formula is C23H22FN3O3. The Morgan fingerprint density at radius 1 is 1.27 bits per heavy atom. The molecule has 0 saturated heterocycles. The van der Waals surface area contributed by atoms with Crippen LogP contribution in [0.1, 0.15) is 52.0 Å². The first kappa shape index (κ1) is 19.8. The largest absolute Gasteiger partial charge is 0.462 e. The lowest BCUT2D eigenvalue weighted by Crippen LogP contribution is -2.48. The summed E-state index contributed by atoms with van der Waals surface area (Å²) in [5, 5.41) is 3.40. The van der Waals surface area contributed by atoms with Crippen molar-refractivity contribution >= 4 is 17.4 Å². The zero-order valence-corrected chi connectivity index (χ0v) is 17.0. The van der Waals surface area contributed by atoms with Gasteiger partial charge in [-0.3, -0.25) is 4.79 Å². The van der Waals surface area contributed by atoms with Gasteiger partial charge in [0.2, 0.25) is 0 Å². The highest BCUT2D eigenvalue weighted by Gasteiger charge is 2.51. The summed E-state index contributed by atoms with van der Waals surface area (Å²) < 4.78 is 20.5. The van der Waals surface area contributed by atoms with E-state index in [1.807, 2.05) is 7.05 Å². The van der Waals surface area contributed by atoms with Crippen LogP contribution in [-0.4, -0.2) is 27.9 Å². The highest BCUT2D eigenvalue weighted by molar-refractivity contribution is 6.16. The maximum atomic E-state index is 14.0. The van der Waals surface area contributed by atoms with Gasteiger partial charge in [0.1, 0.15) is 17.1 Å². The molecule has 1 aliphatic rings. The SMILES string of the molecule is CCOC(=O)c1cccc2c1C(=O)C(C)(c1nccn1C)C(c1ccc(F)cc1)N2. The molecule has 0 bridgehead atoms. The van der Waals surface area contributed by atoms with Crippen LogP contribution in [0, 0.1) is 5.82 Å². The lowest BCUT2D eigenvalue weighted by Gasteiger charge is -2.42. The summed E-state index contributed by atoms with van der Waals surface area (Å²) >= 11 is 0. The quantitative estimate of drug-likeness (QED) is 0.661. The Kier molecular flexibility index (Phi) is 4.89. The molecule has 1 aromatic heterocycles. The number of nitrogens with zero attached hydrogens (tertiary/aromatic N) is 2. The summed E-state index contributed by atoms with van der Waals surface area (Å²) in [4.78, 5) is 31.0. The fourth-order valence-corrected chi connectivity index (χ4v) is 4.16. The minimum Gasteiger partial charge on any atom is -0.462 e. The molecular weight excluding hydrogens is 385 g/mol. The number of benzene rings is 2. The van der Waals surface area contributed by atoms with Crippen LogP contribution in [0.15, 0.2) is 54.9 Å². The third kappa shape index (κ3) is 2.98. The summed E-state index contributed by atoms with van der Waals surface area (Å²) in [6.45, 7) is 3.72. The number of carbonyl (C=O) groups excluding carboxylic acids is 2. The zero-order chi connectivity index (χ0) is 21.5. The van der Waals surface area contributed by atoms with Gasteiger partial charge in [-0.05, 0) is 43.7 Å². The number of aromatic nitrogens is 2. The van der Waals surface area contributed by atoms with Crippen molar-refractivity contribution < 1.29 is 18.7 Å². The first-order valence-corrected chi connectivity index (χ1v) is 9.72. The second-order valence-electron chi connectivity index (χ2n) is 7.47. The van der Waals surface area contributed by atoms with E-state index in [-0.39, 0.29) is 29.3 Å². The fourth-order valence-electron chi connectivity index (χ4n) is 4.16. The summed E-state index contributed by atoms with van der Waals surface area (Å²) in [7, 11) is 1.81. The number of esters is 1. The molecule has 4 rings (SSSR count). The van der Waals surface area contributed by atoms with Crippen molar-refractivity contribution in [2.24, 2.45) is 7.05 Å². The molecule has 154 valence electrons. The lowest BCUT2D eigenvalue weighted by atomic mass is 9.68. The predicted molar refractivity (Wildman–Crippen MR) is 110 cm³/mol. The maximum Gasteiger partial charge on any atom is 0.338 e. The monoisotopic (exact) mass is 407 g/mol. The van der Waals surface area contributed by atoms with Gasteiger partial charge in [0.05, 0.1) is 23.8 Å². The molecule has 0 saturated carbocycles. The third-order valence-corrected chi connectivity index (χ3v) is 5.62. The number of ether oxygens (including phenoxy) is 1. The summed E-state index contributed by atoms with van der Waals surface area (Å²) in [5.74, 6) is -0.612. The van der Waals surface area contributed by atoms with Crippen LogP contribution < -0.4 is 5.32 Å². The highest BCUT2D eigenvalue weighted by Crippen LogP contribution is 2.47. The molecule has 0 fully saturated rings. The molecule has 30 heavy (non-hydrogen) atoms. The van der Waals surface area contributed by atoms with Crippen molar-refractivity contribution in [2.45, 2.75) is 25.3 Å². The van der Waals surface area contributed by atoms with Gasteiger partial charge in [0.25, 0.3) is 0 Å². The maximum absolute atomic E-state index is 14.0. The van der Waals surface area contributed by atoms with Crippen molar-refractivity contribution in [3.63, 3.8) is 0 Å². The molecule has 2 aromatic carbocycles. The average molecular weight is 407 g/mol. The van der Waals surface area contributed by atoms with E-state index in [0.29, 0.717) is 11.5 Å². The Balaban J connectivity index is 1.95. The number of rotatable bonds is 4. The number of Topliss-reactive ketones (excluding diaryl/α,β-unsaturated/α-hetero) is 1. The number of hydrogen-bond acceptors (Lipinski definition) is 5. The lowest BCUT2D eigenvalue weighted by molar-refractivity contribution is 0.0521. The number of carbonyl (C=O) groups is 2. The van der Waals surface area contributed by atoms with E-state index in [1.54, 1.807) is 61.1 Å². The number of aryl methyl sites for hydroxylation is 1. The molecule has 7 heteroatoms. The van der Waals surface area contributed by atoms with E-state index < -0.39 is 17.4 Å². The van der Waals surface area contributed by atoms with Gasteiger partial charge in [-0.25, -0.2) is 14.2 Å². The van der Waals surface area contributed by atoms with Gasteiger partial charge in [0.15, 0.2) is 5.78 Å². The average Bonchev–Trinajstić information content (AvgIpc) is 3.17. The molecule has 1 aliphatic heterocycles. The summed E-state index contributed by atoms with van der Waals surface area (Å²) in [6.07, 6.45) is 3.39. The number of halogens is 1. The number of nitrogens with one attached hydrogen (secondary N) is 1. The standard InChI is InChI=1S/C23H22FN3O3/c1-4-30-21(29)16-6-5-7-17-18(16)20(28)23(2,22-25-12-13-27(22)3)19(26-17)14-8-10-15(24)11-9-14/h5-13,19,26H,4H2,1-3H3. The smallest absolute Gasteiger partial charge is 0.338 e. The van der Waals surface area contributed by atoms with Crippen LogP contribution in [0.4, 0.5) is 10.1 Å². The van der Waals surface area contributed by atoms with Crippen molar-refractivity contribution in [1.82, 2.24) is 9.55 Å². The van der Waals surface area contributed by atoms with E-state index in [1.165, 1.54) is 12.1 Å². The van der Waals surface area contributed by atoms with Crippen LogP contribution in [0.25, 0.3) is 0 Å². The third-order valence-electron chi connectivity index (χ3n) is 5.62. The molecule has 0 aliphatic carbocycles. The van der Waals surface area contributed by atoms with Gasteiger partial charge in [-0.15, -0.1) is 0 Å². The summed E-state index contributed by atoms with van der Waals surface area (Å²) in [5.41, 5.74) is 0.615. The fraction of sp³-hybridized carbons (Fsp3) is 0.261. The van der Waals surface area contributed by atoms with Crippen molar-refractivity contribution in [1.29, 1.82) is 0 Å². The minimum absolute atomic E-state index is 0.207. The Labute approximate surface area is 173 Å². The molecule has 0 spiro atoms. The van der Waals surface area contributed by atoms with Crippen LogP contribution in [-0.2, 0) is 17.2 Å². The number of anilines is 1. The normalized spacial score (nSPS) is 20.4. The molecule has 2 atom stereocenters. The van der Waals surface area contributed by atoms with Crippen molar-refractivity contribution in [2.75, 3.05) is 11.9 Å². The van der Waals surface area contributed by atoms with E-state index >= 15 is 0 Å². The van der Waals surface area contributed by atoms with Gasteiger partial charge < -0.3 is 14.6 Å². The van der Waals surface area contributed by atoms with Crippen molar-refractivity contribution in [3.05, 3.63) is 83.2 Å². The first-order chi connectivity index (χ1) is 14.4. The van der Waals surface area contributed by atoms with Crippen LogP contribution in [0.5, 0.6) is 0 Å². The second kappa shape index (κ2) is 7.40. The molecule has 3 aromatic rings. The molecule has 2 unspecified atom stereocenters. The topological polar surface area (TPSA) is 73.2 Å². The van der Waals surface area contributed by atoms with Gasteiger partial charge in [-0.2, -0.15) is 0 Å². The Bertz CT molecular complexity index is 1120. The van der Waals surface area contributed by atoms with Gasteiger partial charge in [0, 0.05) is 25.1 Å². The van der Waals surface area contributed by atoms with E-state index in [4.69, 9.17) is 4.74 Å². The Hall–Kier alpha value is -3.48. The summed E-state index contributed by atoms with van der Waals surface area (Å²) in [6, 6.07) is 10.6. The van der Waals surface area contributed by atoms with Gasteiger partial charge >= 0.3 is 5.97 Å². The van der Waals surface area contributed by atoms with E-state index in [2.05, 4.69) is 10.3 Å². The number of imidazole rings is 1. The minimum atomic E-state index is -1.15. The number of fused-ring (bicyclic) bond motifs is 1. The number of hydrogen-bond donors (Lipinski definition) is 1. The molecule has 0 amide bonds. The number of ketones is 1. The Morgan fingerprint density at radius 3 is 2.63 bits per heavy atom. The molecule has 2 heterocycles. The van der Waals surface area contributed by atoms with Gasteiger partial charge in [-0.1, -0.05) is 18.2 Å². The van der Waals surface area contributed by atoms with Crippen LogP contribution in [0.2, 0.25) is 0 Å². The van der Waals surface area contributed by atoms with Crippen LogP contribution >= 0.6 is 0 Å². The molecule has 1 N–H and O–H groups in total. The van der Waals surface area contributed by atoms with Crippen molar-refractivity contribution in [3.8, 4) is 0 Å². The zero-order valence-electron chi connectivity index (χ0n) is 17.0. The predicted octanol–water partition coefficient (Wildman–Crippen LogP) is 4.04. The van der Waals surface area contributed by atoms with Crippen LogP contribution in [0.3, 0.4) is 0 Å². The highest BCUT2D eigenvalue weighted by atomic mass is 19.1. The molecule has 0 radical (unpaired) electrons. The first-order valence-electron chi connectivity index (χ1n) is 9.72. The molecule has 6 nitrogen and oxygen atoms in total. The van der Waals surface area contributed by atoms with E-state index in [0.717, 1.165) is 5.56 Å². The van der Waals surface area contributed by atoms with E-state index in [9.17, 15) is 14.0 Å². The second-order valence-corrected chi connectivity index (χ2v) is 7.47.